The molecule has 224 valence electrons. The third kappa shape index (κ3) is 14.1. The van der Waals surface area contributed by atoms with Gasteiger partial charge in [0.15, 0.2) is 11.6 Å². The molecule has 0 aliphatic rings. The fraction of sp³-hybridized carbons (Fsp3) is 0.897. The second kappa shape index (κ2) is 17.3. The van der Waals surface area contributed by atoms with E-state index < -0.39 is 16.5 Å². The summed E-state index contributed by atoms with van der Waals surface area (Å²) in [6.45, 7) is 22.5. The van der Waals surface area contributed by atoms with Crippen molar-refractivity contribution in [2.24, 2.45) is 10.8 Å². The maximum atomic E-state index is 12.8. The third-order valence-electron chi connectivity index (χ3n) is 7.10. The largest absolute Gasteiger partial charge is 0.378 e. The molecule has 0 aromatic rings. The standard InChI is InChI=1S/C29H58N4O5/c1-11-14-15-30-29(10,13-3)24(35)21-38-19-18-37-17-16-31-28(9,12-2)23(34)20-32-33-25(36)27(7,8)22-26(4,5)6/h30-32H,11-22H2,1-10H3,(H,33,36). The Kier molecular flexibility index (Phi) is 16.7. The molecule has 0 heterocycles. The molecule has 0 aliphatic carbocycles. The number of hydrogen-bond donors (Lipinski definition) is 4. The first-order valence-electron chi connectivity index (χ1n) is 14.3. The molecule has 38 heavy (non-hydrogen) atoms. The quantitative estimate of drug-likeness (QED) is 0.121. The second-order valence-electron chi connectivity index (χ2n) is 12.5. The van der Waals surface area contributed by atoms with Gasteiger partial charge in [0.2, 0.25) is 5.91 Å². The number of nitrogens with one attached hydrogen (secondary N) is 4. The molecule has 1 amide bonds. The lowest BCUT2D eigenvalue weighted by Gasteiger charge is -2.32. The van der Waals surface area contributed by atoms with Gasteiger partial charge in [-0.25, -0.2) is 5.43 Å². The minimum atomic E-state index is -0.736. The molecule has 0 radical (unpaired) electrons. The average molecular weight is 543 g/mol. The average Bonchev–Trinajstić information content (AvgIpc) is 2.83. The number of carbonyl (C=O) groups excluding carboxylic acids is 3. The van der Waals surface area contributed by atoms with Crippen LogP contribution in [0.1, 0.15) is 101 Å². The van der Waals surface area contributed by atoms with Gasteiger partial charge in [-0.3, -0.25) is 19.8 Å². The normalized spacial score (nSPS) is 15.5. The van der Waals surface area contributed by atoms with Crippen molar-refractivity contribution < 1.29 is 23.9 Å². The summed E-state index contributed by atoms with van der Waals surface area (Å²) < 4.78 is 11.2. The Hall–Kier alpha value is -1.39. The molecule has 2 atom stereocenters. The summed E-state index contributed by atoms with van der Waals surface area (Å²) in [4.78, 5) is 38.0. The van der Waals surface area contributed by atoms with E-state index in [-0.39, 0.29) is 36.0 Å². The minimum Gasteiger partial charge on any atom is -0.378 e. The molecule has 0 saturated heterocycles. The Balaban J connectivity index is 4.29. The highest BCUT2D eigenvalue weighted by Crippen LogP contribution is 2.33. The van der Waals surface area contributed by atoms with Crippen molar-refractivity contribution in [1.82, 2.24) is 21.5 Å². The number of hydrazine groups is 1. The fourth-order valence-corrected chi connectivity index (χ4v) is 4.30. The van der Waals surface area contributed by atoms with Crippen LogP contribution < -0.4 is 21.5 Å². The lowest BCUT2D eigenvalue weighted by Crippen LogP contribution is -2.56. The van der Waals surface area contributed by atoms with Gasteiger partial charge >= 0.3 is 0 Å². The predicted octanol–water partition coefficient (Wildman–Crippen LogP) is 3.56. The third-order valence-corrected chi connectivity index (χ3v) is 7.10. The molecule has 4 N–H and O–H groups in total. The molecule has 0 rings (SSSR count). The van der Waals surface area contributed by atoms with E-state index in [1.165, 1.54) is 0 Å². The Morgan fingerprint density at radius 2 is 1.26 bits per heavy atom. The van der Waals surface area contributed by atoms with Crippen LogP contribution in [0.15, 0.2) is 0 Å². The molecule has 0 spiro atoms. The van der Waals surface area contributed by atoms with E-state index in [0.29, 0.717) is 39.2 Å². The summed E-state index contributed by atoms with van der Waals surface area (Å²) in [6.07, 6.45) is 4.17. The predicted molar refractivity (Wildman–Crippen MR) is 154 cm³/mol. The summed E-state index contributed by atoms with van der Waals surface area (Å²) in [5.74, 6) is -0.115. The molecule has 0 aromatic carbocycles. The lowest BCUT2D eigenvalue weighted by molar-refractivity contribution is -0.132. The van der Waals surface area contributed by atoms with Crippen molar-refractivity contribution in [2.75, 3.05) is 46.1 Å². The Labute approximate surface area is 232 Å². The SMILES string of the molecule is CCCCNC(C)(CC)C(=O)COCCOCCNC(C)(CC)C(=O)CNNC(=O)C(C)(C)CC(C)(C)C. The van der Waals surface area contributed by atoms with Crippen LogP contribution in [-0.2, 0) is 23.9 Å². The highest BCUT2D eigenvalue weighted by molar-refractivity contribution is 5.90. The van der Waals surface area contributed by atoms with Gasteiger partial charge in [0.25, 0.3) is 0 Å². The number of Topliss-reactive ketones (excluding diaryl/α,β-unsaturated/α-hetero) is 2. The van der Waals surface area contributed by atoms with Crippen molar-refractivity contribution in [2.45, 2.75) is 112 Å². The number of ether oxygens (including phenoxy) is 2. The summed E-state index contributed by atoms with van der Waals surface area (Å²) in [6, 6.07) is 0. The van der Waals surface area contributed by atoms with Crippen LogP contribution in [-0.4, -0.2) is 74.6 Å². The summed E-state index contributed by atoms with van der Waals surface area (Å²) in [7, 11) is 0. The first kappa shape index (κ1) is 36.6. The topological polar surface area (TPSA) is 118 Å². The molecule has 2 unspecified atom stereocenters. The van der Waals surface area contributed by atoms with Crippen LogP contribution in [0, 0.1) is 10.8 Å². The highest BCUT2D eigenvalue weighted by Gasteiger charge is 2.34. The van der Waals surface area contributed by atoms with Crippen LogP contribution in [0.5, 0.6) is 0 Å². The van der Waals surface area contributed by atoms with E-state index in [0.717, 1.165) is 25.8 Å². The summed E-state index contributed by atoms with van der Waals surface area (Å²) >= 11 is 0. The fourth-order valence-electron chi connectivity index (χ4n) is 4.30. The van der Waals surface area contributed by atoms with Crippen LogP contribution in [0.2, 0.25) is 0 Å². The molecule has 9 nitrogen and oxygen atoms in total. The Morgan fingerprint density at radius 3 is 1.82 bits per heavy atom. The minimum absolute atomic E-state index is 0.0226. The number of ketones is 2. The van der Waals surface area contributed by atoms with Crippen LogP contribution in [0.25, 0.3) is 0 Å². The van der Waals surface area contributed by atoms with Crippen LogP contribution in [0.4, 0.5) is 0 Å². The van der Waals surface area contributed by atoms with Gasteiger partial charge in [-0.1, -0.05) is 61.8 Å². The maximum Gasteiger partial charge on any atom is 0.239 e. The zero-order chi connectivity index (χ0) is 29.5. The smallest absolute Gasteiger partial charge is 0.239 e. The van der Waals surface area contributed by atoms with Crippen molar-refractivity contribution in [3.8, 4) is 0 Å². The van der Waals surface area contributed by atoms with E-state index in [1.54, 1.807) is 0 Å². The molecule has 0 fully saturated rings. The van der Waals surface area contributed by atoms with E-state index in [2.05, 4.69) is 49.2 Å². The molecule has 9 heteroatoms. The number of amides is 1. The number of unbranched alkanes of at least 4 members (excludes halogenated alkanes) is 1. The van der Waals surface area contributed by atoms with Crippen molar-refractivity contribution >= 4 is 17.5 Å². The molecule has 0 aromatic heterocycles. The number of hydrogen-bond acceptors (Lipinski definition) is 8. The van der Waals surface area contributed by atoms with Crippen LogP contribution >= 0.6 is 0 Å². The van der Waals surface area contributed by atoms with Crippen molar-refractivity contribution in [3.63, 3.8) is 0 Å². The molecule has 0 bridgehead atoms. The van der Waals surface area contributed by atoms with Crippen molar-refractivity contribution in [1.29, 1.82) is 0 Å². The summed E-state index contributed by atoms with van der Waals surface area (Å²) in [5.41, 5.74) is 3.69. The monoisotopic (exact) mass is 542 g/mol. The molecule has 0 saturated carbocycles. The van der Waals surface area contributed by atoms with Gasteiger partial charge in [-0.05, 0) is 51.5 Å². The first-order chi connectivity index (χ1) is 17.6. The second-order valence-corrected chi connectivity index (χ2v) is 12.5. The van der Waals surface area contributed by atoms with Gasteiger partial charge in [0.05, 0.1) is 37.4 Å². The van der Waals surface area contributed by atoms with Gasteiger partial charge in [-0.2, -0.15) is 0 Å². The number of carbonyl (C=O) groups is 3. The van der Waals surface area contributed by atoms with Crippen molar-refractivity contribution in [3.05, 3.63) is 0 Å². The zero-order valence-electron chi connectivity index (χ0n) is 26.0. The molecule has 0 aliphatic heterocycles. The lowest BCUT2D eigenvalue weighted by atomic mass is 9.76. The van der Waals surface area contributed by atoms with E-state index >= 15 is 0 Å². The zero-order valence-corrected chi connectivity index (χ0v) is 26.0. The Morgan fingerprint density at radius 1 is 0.711 bits per heavy atom. The number of rotatable bonds is 22. The maximum absolute atomic E-state index is 12.8. The van der Waals surface area contributed by atoms with Gasteiger partial charge in [0, 0.05) is 12.0 Å². The molecular formula is C29H58N4O5. The van der Waals surface area contributed by atoms with Gasteiger partial charge in [-0.15, -0.1) is 0 Å². The van der Waals surface area contributed by atoms with Gasteiger partial charge in [0.1, 0.15) is 6.61 Å². The first-order valence-corrected chi connectivity index (χ1v) is 14.3. The molecular weight excluding hydrogens is 484 g/mol. The van der Waals surface area contributed by atoms with E-state index in [9.17, 15) is 14.4 Å². The van der Waals surface area contributed by atoms with E-state index in [1.807, 2.05) is 41.5 Å². The Bertz CT molecular complexity index is 722. The summed E-state index contributed by atoms with van der Waals surface area (Å²) in [5, 5.41) is 6.63. The van der Waals surface area contributed by atoms with Crippen LogP contribution in [0.3, 0.4) is 0 Å². The highest BCUT2D eigenvalue weighted by atomic mass is 16.5. The van der Waals surface area contributed by atoms with Gasteiger partial charge < -0.3 is 20.1 Å². The van der Waals surface area contributed by atoms with E-state index in [4.69, 9.17) is 9.47 Å².